The average Bonchev–Trinajstić information content (AvgIpc) is 2.56. The largest absolute Gasteiger partial charge is 0.493 e. The lowest BCUT2D eigenvalue weighted by atomic mass is 9.83. The second-order valence-electron chi connectivity index (χ2n) is 7.06. The first kappa shape index (κ1) is 15.8. The molecule has 0 aromatic heterocycles. The van der Waals surface area contributed by atoms with Crippen LogP contribution in [-0.2, 0) is 0 Å². The van der Waals surface area contributed by atoms with Crippen LogP contribution >= 0.6 is 0 Å². The fourth-order valence-corrected chi connectivity index (χ4v) is 3.77. The molecule has 0 aliphatic heterocycles. The molecule has 2 saturated carbocycles. The van der Waals surface area contributed by atoms with E-state index < -0.39 is 0 Å². The van der Waals surface area contributed by atoms with Crippen LogP contribution in [0.2, 0.25) is 0 Å². The Morgan fingerprint density at radius 1 is 0.773 bits per heavy atom. The molecule has 0 radical (unpaired) electrons. The first-order valence-corrected chi connectivity index (χ1v) is 8.79. The van der Waals surface area contributed by atoms with E-state index in [4.69, 9.17) is 4.74 Å². The molecule has 0 atom stereocenters. The van der Waals surface area contributed by atoms with E-state index >= 15 is 0 Å². The summed E-state index contributed by atoms with van der Waals surface area (Å²) in [6.45, 7) is 0.766. The van der Waals surface area contributed by atoms with Crippen molar-refractivity contribution in [3.63, 3.8) is 0 Å². The lowest BCUT2D eigenvalue weighted by Gasteiger charge is -2.26. The SMILES string of the molecule is OC1CCC(COc2ccc(C3CCC(O)CC3)cc2)CC1. The van der Waals surface area contributed by atoms with E-state index in [2.05, 4.69) is 24.3 Å². The Balaban J connectivity index is 1.47. The third-order valence-electron chi connectivity index (χ3n) is 5.35. The van der Waals surface area contributed by atoms with Gasteiger partial charge >= 0.3 is 0 Å². The lowest BCUT2D eigenvalue weighted by molar-refractivity contribution is 0.0917. The maximum absolute atomic E-state index is 9.59. The van der Waals surface area contributed by atoms with Crippen LogP contribution in [0.5, 0.6) is 5.75 Å². The zero-order valence-electron chi connectivity index (χ0n) is 13.3. The lowest BCUT2D eigenvalue weighted by Crippen LogP contribution is -2.22. The van der Waals surface area contributed by atoms with E-state index in [0.29, 0.717) is 11.8 Å². The topological polar surface area (TPSA) is 49.7 Å². The Bertz CT molecular complexity index is 440. The minimum atomic E-state index is -0.0930. The number of hydrogen-bond donors (Lipinski definition) is 2. The zero-order chi connectivity index (χ0) is 15.4. The van der Waals surface area contributed by atoms with Crippen molar-refractivity contribution in [3.8, 4) is 5.75 Å². The van der Waals surface area contributed by atoms with E-state index in [9.17, 15) is 10.2 Å². The highest BCUT2D eigenvalue weighted by atomic mass is 16.5. The van der Waals surface area contributed by atoms with Crippen LogP contribution < -0.4 is 4.74 Å². The summed E-state index contributed by atoms with van der Waals surface area (Å²) in [4.78, 5) is 0. The Hall–Kier alpha value is -1.06. The molecule has 3 heteroatoms. The molecule has 122 valence electrons. The van der Waals surface area contributed by atoms with Crippen molar-refractivity contribution in [1.82, 2.24) is 0 Å². The van der Waals surface area contributed by atoms with E-state index in [1.54, 1.807) is 0 Å². The Labute approximate surface area is 133 Å². The van der Waals surface area contributed by atoms with Crippen molar-refractivity contribution in [3.05, 3.63) is 29.8 Å². The van der Waals surface area contributed by atoms with E-state index in [1.807, 2.05) is 0 Å². The minimum Gasteiger partial charge on any atom is -0.493 e. The molecule has 22 heavy (non-hydrogen) atoms. The van der Waals surface area contributed by atoms with E-state index in [-0.39, 0.29) is 12.2 Å². The van der Waals surface area contributed by atoms with Gasteiger partial charge < -0.3 is 14.9 Å². The van der Waals surface area contributed by atoms with E-state index in [1.165, 1.54) is 5.56 Å². The minimum absolute atomic E-state index is 0.0899. The zero-order valence-corrected chi connectivity index (χ0v) is 13.3. The summed E-state index contributed by atoms with van der Waals surface area (Å²) in [6.07, 6.45) is 7.83. The van der Waals surface area contributed by atoms with Gasteiger partial charge in [0.25, 0.3) is 0 Å². The molecule has 0 unspecified atom stereocenters. The van der Waals surface area contributed by atoms with Crippen LogP contribution in [0.25, 0.3) is 0 Å². The summed E-state index contributed by atoms with van der Waals surface area (Å²) in [5.74, 6) is 2.13. The van der Waals surface area contributed by atoms with Gasteiger partial charge in [0.15, 0.2) is 0 Å². The fourth-order valence-electron chi connectivity index (χ4n) is 3.77. The highest BCUT2D eigenvalue weighted by Crippen LogP contribution is 2.33. The first-order valence-electron chi connectivity index (χ1n) is 8.79. The molecule has 0 amide bonds. The molecule has 3 rings (SSSR count). The van der Waals surface area contributed by atoms with Gasteiger partial charge in [-0.15, -0.1) is 0 Å². The number of rotatable bonds is 4. The van der Waals surface area contributed by atoms with Crippen molar-refractivity contribution in [1.29, 1.82) is 0 Å². The Morgan fingerprint density at radius 3 is 1.91 bits per heavy atom. The van der Waals surface area contributed by atoms with Crippen LogP contribution in [-0.4, -0.2) is 29.0 Å². The second kappa shape index (κ2) is 7.47. The van der Waals surface area contributed by atoms with E-state index in [0.717, 1.165) is 63.7 Å². The van der Waals surface area contributed by atoms with Crippen LogP contribution in [0, 0.1) is 5.92 Å². The van der Waals surface area contributed by atoms with Crippen LogP contribution in [0.3, 0.4) is 0 Å². The number of benzene rings is 1. The third kappa shape index (κ3) is 4.23. The van der Waals surface area contributed by atoms with Gasteiger partial charge in [0, 0.05) is 0 Å². The molecular formula is C19H28O3. The molecule has 0 heterocycles. The maximum atomic E-state index is 9.59. The predicted molar refractivity (Wildman–Crippen MR) is 87.1 cm³/mol. The maximum Gasteiger partial charge on any atom is 0.119 e. The Morgan fingerprint density at radius 2 is 1.32 bits per heavy atom. The molecule has 2 aliphatic rings. The second-order valence-corrected chi connectivity index (χ2v) is 7.06. The van der Waals surface area contributed by atoms with Crippen molar-refractivity contribution >= 4 is 0 Å². The summed E-state index contributed by atoms with van der Waals surface area (Å²) in [5, 5.41) is 19.1. The molecule has 0 saturated heterocycles. The van der Waals surface area contributed by atoms with Gasteiger partial charge in [-0.25, -0.2) is 0 Å². The smallest absolute Gasteiger partial charge is 0.119 e. The van der Waals surface area contributed by atoms with Gasteiger partial charge in [-0.3, -0.25) is 0 Å². The van der Waals surface area contributed by atoms with Crippen LogP contribution in [0.1, 0.15) is 62.8 Å². The highest BCUT2D eigenvalue weighted by molar-refractivity contribution is 5.29. The summed E-state index contributed by atoms with van der Waals surface area (Å²) >= 11 is 0. The summed E-state index contributed by atoms with van der Waals surface area (Å²) < 4.78 is 5.92. The summed E-state index contributed by atoms with van der Waals surface area (Å²) in [7, 11) is 0. The molecular weight excluding hydrogens is 276 g/mol. The van der Waals surface area contributed by atoms with Gasteiger partial charge in [0.05, 0.1) is 18.8 Å². The standard InChI is InChI=1S/C19H28O3/c20-17-7-1-14(2-8-17)13-22-19-11-5-16(6-12-19)15-3-9-18(21)10-4-15/h5-6,11-12,14-15,17-18,20-21H,1-4,7-10,13H2. The average molecular weight is 304 g/mol. The van der Waals surface area contributed by atoms with Gasteiger partial charge in [-0.05, 0) is 80.9 Å². The van der Waals surface area contributed by atoms with Gasteiger partial charge in [-0.1, -0.05) is 12.1 Å². The number of aliphatic hydroxyl groups is 2. The molecule has 2 N–H and O–H groups in total. The van der Waals surface area contributed by atoms with Crippen molar-refractivity contribution in [2.45, 2.75) is 69.5 Å². The molecule has 1 aromatic rings. The van der Waals surface area contributed by atoms with Gasteiger partial charge in [0.1, 0.15) is 5.75 Å². The molecule has 0 bridgehead atoms. The summed E-state index contributed by atoms with van der Waals surface area (Å²) in [5.41, 5.74) is 1.38. The normalized spacial score (nSPS) is 32.6. The number of ether oxygens (including phenoxy) is 1. The summed E-state index contributed by atoms with van der Waals surface area (Å²) in [6, 6.07) is 8.53. The first-order chi connectivity index (χ1) is 10.7. The van der Waals surface area contributed by atoms with Crippen molar-refractivity contribution in [2.24, 2.45) is 5.92 Å². The number of aliphatic hydroxyl groups excluding tert-OH is 2. The van der Waals surface area contributed by atoms with Crippen LogP contribution in [0.15, 0.2) is 24.3 Å². The Kier molecular flexibility index (Phi) is 5.37. The molecule has 2 fully saturated rings. The monoisotopic (exact) mass is 304 g/mol. The quantitative estimate of drug-likeness (QED) is 0.893. The molecule has 2 aliphatic carbocycles. The highest BCUT2D eigenvalue weighted by Gasteiger charge is 2.21. The molecule has 1 aromatic carbocycles. The van der Waals surface area contributed by atoms with Crippen molar-refractivity contribution in [2.75, 3.05) is 6.61 Å². The fraction of sp³-hybridized carbons (Fsp3) is 0.684. The number of hydrogen-bond acceptors (Lipinski definition) is 3. The predicted octanol–water partition coefficient (Wildman–Crippen LogP) is 3.64. The van der Waals surface area contributed by atoms with Gasteiger partial charge in [0.2, 0.25) is 0 Å². The van der Waals surface area contributed by atoms with Crippen molar-refractivity contribution < 1.29 is 14.9 Å². The van der Waals surface area contributed by atoms with Gasteiger partial charge in [-0.2, -0.15) is 0 Å². The molecule has 3 nitrogen and oxygen atoms in total. The third-order valence-corrected chi connectivity index (χ3v) is 5.35. The van der Waals surface area contributed by atoms with Crippen LogP contribution in [0.4, 0.5) is 0 Å². The molecule has 0 spiro atoms.